The number of halogens is 2. The van der Waals surface area contributed by atoms with E-state index in [4.69, 9.17) is 38.7 Å². The molecule has 0 bridgehead atoms. The normalized spacial score (nSPS) is 11.6. The molecule has 0 spiro atoms. The van der Waals surface area contributed by atoms with Gasteiger partial charge in [-0.2, -0.15) is 0 Å². The molecule has 1 aromatic heterocycles. The molecule has 0 amide bonds. The summed E-state index contributed by atoms with van der Waals surface area (Å²) in [5.74, 6) is 2.36. The first-order chi connectivity index (χ1) is 15.5. The summed E-state index contributed by atoms with van der Waals surface area (Å²) in [4.78, 5) is 13.3. The van der Waals surface area contributed by atoms with Crippen LogP contribution >= 0.6 is 23.2 Å². The molecule has 0 aliphatic heterocycles. The molecule has 0 atom stereocenters. The maximum atomic E-state index is 6.43. The molecule has 0 aliphatic rings. The van der Waals surface area contributed by atoms with Gasteiger partial charge in [-0.15, -0.1) is 0 Å². The second kappa shape index (κ2) is 11.4. The van der Waals surface area contributed by atoms with Crippen LogP contribution in [0.2, 0.25) is 10.0 Å². The minimum absolute atomic E-state index is 0.470. The van der Waals surface area contributed by atoms with Gasteiger partial charge in [-0.1, -0.05) is 35.3 Å². The molecule has 0 saturated carbocycles. The summed E-state index contributed by atoms with van der Waals surface area (Å²) >= 11 is 12.5. The smallest absolute Gasteiger partial charge is 0.163 e. The standard InChI is InChI=1S/C23H24Cl2N6O/c1-27-10-9-21(26)28-11-12-29-22-14-19(17-5-3-4-6-20(17)32-2)30-23(31-22)16-8-7-15(24)13-18(16)25/h3-10,13-14,28H,11-12,26H2,1-2H3,(H,29,30,31)/b21-9+,27-10-. The zero-order valence-electron chi connectivity index (χ0n) is 17.8. The van der Waals surface area contributed by atoms with Crippen LogP contribution in [0, 0.1) is 0 Å². The van der Waals surface area contributed by atoms with Gasteiger partial charge in [-0.05, 0) is 36.4 Å². The highest BCUT2D eigenvalue weighted by molar-refractivity contribution is 6.36. The summed E-state index contributed by atoms with van der Waals surface area (Å²) in [6, 6.07) is 14.8. The number of para-hydroxylation sites is 1. The number of benzene rings is 2. The summed E-state index contributed by atoms with van der Waals surface area (Å²) in [6.45, 7) is 1.17. The molecule has 9 heteroatoms. The van der Waals surface area contributed by atoms with E-state index in [9.17, 15) is 0 Å². The minimum Gasteiger partial charge on any atom is -0.496 e. The Morgan fingerprint density at radius 3 is 2.66 bits per heavy atom. The monoisotopic (exact) mass is 470 g/mol. The molecule has 1 heterocycles. The predicted molar refractivity (Wildman–Crippen MR) is 133 cm³/mol. The van der Waals surface area contributed by atoms with Crippen LogP contribution in [0.3, 0.4) is 0 Å². The number of hydrogen-bond donors (Lipinski definition) is 3. The number of rotatable bonds is 9. The molecule has 3 rings (SSSR count). The Labute approximate surface area is 197 Å². The molecule has 0 aliphatic carbocycles. The lowest BCUT2D eigenvalue weighted by atomic mass is 10.1. The average Bonchev–Trinajstić information content (AvgIpc) is 2.80. The molecule has 166 valence electrons. The summed E-state index contributed by atoms with van der Waals surface area (Å²) in [7, 11) is 3.31. The largest absolute Gasteiger partial charge is 0.496 e. The first-order valence-electron chi connectivity index (χ1n) is 9.85. The molecular weight excluding hydrogens is 447 g/mol. The van der Waals surface area contributed by atoms with E-state index < -0.39 is 0 Å². The molecule has 0 fully saturated rings. The van der Waals surface area contributed by atoms with Crippen LogP contribution in [0.4, 0.5) is 5.82 Å². The number of aliphatic imine (C=N–C) groups is 1. The highest BCUT2D eigenvalue weighted by Gasteiger charge is 2.14. The van der Waals surface area contributed by atoms with Crippen molar-refractivity contribution in [3.63, 3.8) is 0 Å². The van der Waals surface area contributed by atoms with Crippen LogP contribution in [0.15, 0.2) is 65.4 Å². The van der Waals surface area contributed by atoms with E-state index in [1.165, 1.54) is 0 Å². The predicted octanol–water partition coefficient (Wildman–Crippen LogP) is 4.63. The average molecular weight is 471 g/mol. The lowest BCUT2D eigenvalue weighted by Gasteiger charge is -2.13. The molecular formula is C23H24Cl2N6O. The number of nitrogens with zero attached hydrogens (tertiary/aromatic N) is 3. The molecule has 7 nitrogen and oxygen atoms in total. The van der Waals surface area contributed by atoms with Crippen LogP contribution in [-0.4, -0.2) is 43.4 Å². The van der Waals surface area contributed by atoms with Gasteiger partial charge in [0.15, 0.2) is 5.82 Å². The fourth-order valence-corrected chi connectivity index (χ4v) is 3.43. The first-order valence-corrected chi connectivity index (χ1v) is 10.6. The van der Waals surface area contributed by atoms with E-state index in [0.29, 0.717) is 57.6 Å². The number of methoxy groups -OCH3 is 1. The van der Waals surface area contributed by atoms with Gasteiger partial charge >= 0.3 is 0 Å². The molecule has 3 aromatic rings. The van der Waals surface area contributed by atoms with Crippen molar-refractivity contribution in [1.29, 1.82) is 0 Å². The van der Waals surface area contributed by atoms with Crippen LogP contribution < -0.4 is 21.1 Å². The van der Waals surface area contributed by atoms with Crippen molar-refractivity contribution in [3.05, 3.63) is 70.5 Å². The van der Waals surface area contributed by atoms with Gasteiger partial charge in [-0.3, -0.25) is 4.99 Å². The van der Waals surface area contributed by atoms with Crippen molar-refractivity contribution in [2.24, 2.45) is 10.7 Å². The Bertz CT molecular complexity index is 1130. The number of allylic oxidation sites excluding steroid dienone is 1. The third kappa shape index (κ3) is 6.12. The molecule has 32 heavy (non-hydrogen) atoms. The molecule has 0 saturated heterocycles. The van der Waals surface area contributed by atoms with E-state index in [1.807, 2.05) is 30.3 Å². The molecule has 2 aromatic carbocycles. The highest BCUT2D eigenvalue weighted by atomic mass is 35.5. The Hall–Kier alpha value is -3.29. The lowest BCUT2D eigenvalue weighted by Crippen LogP contribution is -2.26. The fraction of sp³-hybridized carbons (Fsp3) is 0.174. The number of aromatic nitrogens is 2. The molecule has 0 unspecified atom stereocenters. The number of anilines is 1. The van der Waals surface area contributed by atoms with Gasteiger partial charge in [0, 0.05) is 48.6 Å². The zero-order chi connectivity index (χ0) is 22.9. The van der Waals surface area contributed by atoms with E-state index >= 15 is 0 Å². The van der Waals surface area contributed by atoms with Crippen LogP contribution in [0.1, 0.15) is 0 Å². The Morgan fingerprint density at radius 1 is 1.09 bits per heavy atom. The van der Waals surface area contributed by atoms with Crippen molar-refractivity contribution < 1.29 is 4.74 Å². The maximum absolute atomic E-state index is 6.43. The van der Waals surface area contributed by atoms with Crippen molar-refractivity contribution in [2.75, 3.05) is 32.6 Å². The summed E-state index contributed by atoms with van der Waals surface area (Å²) in [6.07, 6.45) is 3.33. The third-order valence-electron chi connectivity index (χ3n) is 4.44. The Morgan fingerprint density at radius 2 is 1.91 bits per heavy atom. The van der Waals surface area contributed by atoms with E-state index in [0.717, 1.165) is 5.56 Å². The topological polar surface area (TPSA) is 97.5 Å². The number of hydrogen-bond acceptors (Lipinski definition) is 7. The van der Waals surface area contributed by atoms with Crippen LogP contribution in [-0.2, 0) is 0 Å². The first kappa shape index (κ1) is 23.4. The third-order valence-corrected chi connectivity index (χ3v) is 4.99. The van der Waals surface area contributed by atoms with Gasteiger partial charge in [0.05, 0.1) is 23.6 Å². The zero-order valence-corrected chi connectivity index (χ0v) is 19.3. The Balaban J connectivity index is 1.92. The van der Waals surface area contributed by atoms with Gasteiger partial charge in [0.25, 0.3) is 0 Å². The Kier molecular flexibility index (Phi) is 8.30. The lowest BCUT2D eigenvalue weighted by molar-refractivity contribution is 0.416. The molecule has 4 N–H and O–H groups in total. The van der Waals surface area contributed by atoms with Crippen molar-refractivity contribution in [2.45, 2.75) is 0 Å². The SMILES string of the molecule is C/N=C\C=C(/N)NCCNc1cc(-c2ccccc2OC)nc(-c2ccc(Cl)cc2Cl)n1. The van der Waals surface area contributed by atoms with E-state index in [2.05, 4.69) is 20.6 Å². The second-order valence-electron chi connectivity index (χ2n) is 6.67. The van der Waals surface area contributed by atoms with Gasteiger partial charge < -0.3 is 21.1 Å². The van der Waals surface area contributed by atoms with Crippen molar-refractivity contribution in [1.82, 2.24) is 15.3 Å². The fourth-order valence-electron chi connectivity index (χ4n) is 2.93. The van der Waals surface area contributed by atoms with E-state index in [-0.39, 0.29) is 0 Å². The maximum Gasteiger partial charge on any atom is 0.163 e. The van der Waals surface area contributed by atoms with Crippen LogP contribution in [0.25, 0.3) is 22.6 Å². The van der Waals surface area contributed by atoms with Gasteiger partial charge in [0.2, 0.25) is 0 Å². The van der Waals surface area contributed by atoms with Crippen molar-refractivity contribution in [3.8, 4) is 28.4 Å². The van der Waals surface area contributed by atoms with E-state index in [1.54, 1.807) is 44.6 Å². The van der Waals surface area contributed by atoms with Crippen molar-refractivity contribution >= 4 is 35.2 Å². The number of nitrogens with one attached hydrogen (secondary N) is 2. The minimum atomic E-state index is 0.470. The van der Waals surface area contributed by atoms with Crippen LogP contribution in [0.5, 0.6) is 5.75 Å². The summed E-state index contributed by atoms with van der Waals surface area (Å²) < 4.78 is 5.52. The highest BCUT2D eigenvalue weighted by Crippen LogP contribution is 2.33. The van der Waals surface area contributed by atoms with Gasteiger partial charge in [-0.25, -0.2) is 9.97 Å². The molecule has 0 radical (unpaired) electrons. The quantitative estimate of drug-likeness (QED) is 0.311. The summed E-state index contributed by atoms with van der Waals surface area (Å²) in [5, 5.41) is 7.42. The summed E-state index contributed by atoms with van der Waals surface area (Å²) in [5.41, 5.74) is 8.09. The second-order valence-corrected chi connectivity index (χ2v) is 7.51. The van der Waals surface area contributed by atoms with Gasteiger partial charge in [0.1, 0.15) is 11.6 Å². The number of nitrogens with two attached hydrogens (primary N) is 1. The number of ether oxygens (including phenoxy) is 1.